The van der Waals surface area contributed by atoms with Crippen molar-refractivity contribution in [3.63, 3.8) is 0 Å². The largest absolute Gasteiger partial charge is 0.355 e. The van der Waals surface area contributed by atoms with Crippen LogP contribution in [0.1, 0.15) is 43.6 Å². The molecule has 1 saturated heterocycles. The lowest BCUT2D eigenvalue weighted by molar-refractivity contribution is 0.187. The zero-order valence-electron chi connectivity index (χ0n) is 16.9. The van der Waals surface area contributed by atoms with E-state index in [-0.39, 0.29) is 0 Å². The van der Waals surface area contributed by atoms with Crippen LogP contribution in [0.3, 0.4) is 0 Å². The van der Waals surface area contributed by atoms with Gasteiger partial charge in [-0.3, -0.25) is 9.67 Å². The summed E-state index contributed by atoms with van der Waals surface area (Å²) < 4.78 is 1.96. The van der Waals surface area contributed by atoms with E-state index in [9.17, 15) is 0 Å². The minimum absolute atomic E-state index is 0.308. The van der Waals surface area contributed by atoms with Gasteiger partial charge >= 0.3 is 0 Å². The maximum Gasteiger partial charge on any atom is 0.191 e. The molecule has 1 aliphatic heterocycles. The highest BCUT2D eigenvalue weighted by atomic mass is 15.3. The van der Waals surface area contributed by atoms with Crippen molar-refractivity contribution in [2.45, 2.75) is 53.0 Å². The highest BCUT2D eigenvalue weighted by Crippen LogP contribution is 2.15. The lowest BCUT2D eigenvalue weighted by Crippen LogP contribution is -2.46. The van der Waals surface area contributed by atoms with E-state index in [0.717, 1.165) is 37.1 Å². The molecule has 0 saturated carbocycles. The first-order chi connectivity index (χ1) is 11.9. The van der Waals surface area contributed by atoms with Crippen molar-refractivity contribution in [3.05, 3.63) is 17.0 Å². The molecule has 0 aliphatic carbocycles. The number of nitrogens with one attached hydrogen (secondary N) is 2. The molecule has 6 nitrogen and oxygen atoms in total. The molecule has 1 aromatic rings. The van der Waals surface area contributed by atoms with Crippen LogP contribution in [0.2, 0.25) is 0 Å². The molecule has 2 rings (SSSR count). The Balaban J connectivity index is 1.77. The van der Waals surface area contributed by atoms with Gasteiger partial charge in [0.15, 0.2) is 5.96 Å². The first kappa shape index (κ1) is 19.8. The van der Waals surface area contributed by atoms with Crippen molar-refractivity contribution in [3.8, 4) is 0 Å². The summed E-state index contributed by atoms with van der Waals surface area (Å²) in [6.07, 6.45) is 3.66. The summed E-state index contributed by atoms with van der Waals surface area (Å²) in [5.41, 5.74) is 3.70. The van der Waals surface area contributed by atoms with Crippen molar-refractivity contribution in [2.75, 3.05) is 33.2 Å². The van der Waals surface area contributed by atoms with Crippen LogP contribution < -0.4 is 10.6 Å². The lowest BCUT2D eigenvalue weighted by Gasteiger charge is -2.31. The van der Waals surface area contributed by atoms with Gasteiger partial charge in [-0.15, -0.1) is 0 Å². The first-order valence-electron chi connectivity index (χ1n) is 9.59. The van der Waals surface area contributed by atoms with Crippen LogP contribution in [-0.4, -0.2) is 59.9 Å². The van der Waals surface area contributed by atoms with E-state index >= 15 is 0 Å². The fraction of sp³-hybridized carbons (Fsp3) is 0.789. The molecule has 1 aliphatic rings. The number of aryl methyl sites for hydroxylation is 2. The fourth-order valence-corrected chi connectivity index (χ4v) is 3.72. The average molecular weight is 349 g/mol. The maximum absolute atomic E-state index is 4.51. The van der Waals surface area contributed by atoms with E-state index in [2.05, 4.69) is 53.3 Å². The predicted molar refractivity (Wildman–Crippen MR) is 105 cm³/mol. The third kappa shape index (κ3) is 5.73. The van der Waals surface area contributed by atoms with Crippen LogP contribution >= 0.6 is 0 Å². The van der Waals surface area contributed by atoms with Gasteiger partial charge in [0, 0.05) is 45.5 Å². The molecule has 2 heterocycles. The van der Waals surface area contributed by atoms with Gasteiger partial charge in [-0.1, -0.05) is 6.92 Å². The molecular weight excluding hydrogens is 312 g/mol. The molecule has 0 radical (unpaired) electrons. The van der Waals surface area contributed by atoms with Gasteiger partial charge in [-0.05, 0) is 58.1 Å². The zero-order chi connectivity index (χ0) is 18.4. The third-order valence-corrected chi connectivity index (χ3v) is 5.24. The third-order valence-electron chi connectivity index (χ3n) is 5.24. The highest BCUT2D eigenvalue weighted by molar-refractivity contribution is 5.79. The second-order valence-electron chi connectivity index (χ2n) is 7.57. The molecule has 2 atom stereocenters. The van der Waals surface area contributed by atoms with E-state index in [1.54, 1.807) is 0 Å². The van der Waals surface area contributed by atoms with Crippen molar-refractivity contribution in [1.29, 1.82) is 0 Å². The molecule has 6 heteroatoms. The van der Waals surface area contributed by atoms with E-state index in [4.69, 9.17) is 0 Å². The predicted octanol–water partition coefficient (Wildman–Crippen LogP) is 1.86. The summed E-state index contributed by atoms with van der Waals surface area (Å²) >= 11 is 0. The molecule has 1 fully saturated rings. The number of rotatable bonds is 6. The van der Waals surface area contributed by atoms with Crippen molar-refractivity contribution >= 4 is 5.96 Å². The molecular formula is C19H36N6. The number of hydrogen-bond donors (Lipinski definition) is 2. The van der Waals surface area contributed by atoms with Crippen LogP contribution in [0, 0.1) is 19.8 Å². The SMILES string of the molecule is CN=C(NCCN1CCCC(C)C1)NC(C)Cc1c(C)nn(C)c1C. The number of piperidine rings is 1. The Kier molecular flexibility index (Phi) is 7.29. The zero-order valence-corrected chi connectivity index (χ0v) is 16.9. The Labute approximate surface area is 153 Å². The van der Waals surface area contributed by atoms with Gasteiger partial charge in [-0.2, -0.15) is 5.10 Å². The normalized spacial score (nSPS) is 20.6. The van der Waals surface area contributed by atoms with Crippen molar-refractivity contribution < 1.29 is 0 Å². The van der Waals surface area contributed by atoms with E-state index < -0.39 is 0 Å². The lowest BCUT2D eigenvalue weighted by atomic mass is 10.0. The molecule has 0 bridgehead atoms. The highest BCUT2D eigenvalue weighted by Gasteiger charge is 2.16. The van der Waals surface area contributed by atoms with Gasteiger partial charge in [0.05, 0.1) is 5.69 Å². The molecule has 0 spiro atoms. The van der Waals surface area contributed by atoms with Gasteiger partial charge in [0.25, 0.3) is 0 Å². The molecule has 1 aromatic heterocycles. The number of likely N-dealkylation sites (tertiary alicyclic amines) is 1. The van der Waals surface area contributed by atoms with Crippen LogP contribution in [0.5, 0.6) is 0 Å². The van der Waals surface area contributed by atoms with Crippen LogP contribution in [-0.2, 0) is 13.5 Å². The summed E-state index contributed by atoms with van der Waals surface area (Å²) in [5.74, 6) is 1.72. The van der Waals surface area contributed by atoms with E-state index in [1.807, 2.05) is 18.8 Å². The van der Waals surface area contributed by atoms with Crippen LogP contribution in [0.15, 0.2) is 4.99 Å². The minimum atomic E-state index is 0.308. The van der Waals surface area contributed by atoms with Gasteiger partial charge in [0.1, 0.15) is 0 Å². The number of aromatic nitrogens is 2. The molecule has 0 aromatic carbocycles. The topological polar surface area (TPSA) is 57.5 Å². The Bertz CT molecular complexity index is 577. The van der Waals surface area contributed by atoms with Crippen molar-refractivity contribution in [1.82, 2.24) is 25.3 Å². The Morgan fingerprint density at radius 3 is 2.76 bits per heavy atom. The summed E-state index contributed by atoms with van der Waals surface area (Å²) in [6.45, 7) is 13.2. The van der Waals surface area contributed by atoms with Crippen LogP contribution in [0.4, 0.5) is 0 Å². The monoisotopic (exact) mass is 348 g/mol. The molecule has 2 unspecified atom stereocenters. The summed E-state index contributed by atoms with van der Waals surface area (Å²) in [7, 11) is 3.84. The minimum Gasteiger partial charge on any atom is -0.355 e. The summed E-state index contributed by atoms with van der Waals surface area (Å²) in [6, 6.07) is 0.308. The summed E-state index contributed by atoms with van der Waals surface area (Å²) in [4.78, 5) is 6.93. The molecule has 25 heavy (non-hydrogen) atoms. The van der Waals surface area contributed by atoms with E-state index in [1.165, 1.54) is 37.2 Å². The molecule has 0 amide bonds. The summed E-state index contributed by atoms with van der Waals surface area (Å²) in [5, 5.41) is 11.5. The maximum atomic E-state index is 4.51. The van der Waals surface area contributed by atoms with Crippen LogP contribution in [0.25, 0.3) is 0 Å². The quantitative estimate of drug-likeness (QED) is 0.609. The van der Waals surface area contributed by atoms with Gasteiger partial charge < -0.3 is 15.5 Å². The number of aliphatic imine (C=N–C) groups is 1. The standard InChI is InChI=1S/C19H36N6/c1-14-8-7-10-25(13-14)11-9-21-19(20-5)22-15(2)12-18-16(3)23-24(6)17(18)4/h14-15H,7-13H2,1-6H3,(H2,20,21,22). The second-order valence-corrected chi connectivity index (χ2v) is 7.57. The average Bonchev–Trinajstić information content (AvgIpc) is 2.80. The number of nitrogens with zero attached hydrogens (tertiary/aromatic N) is 4. The smallest absolute Gasteiger partial charge is 0.191 e. The first-order valence-corrected chi connectivity index (χ1v) is 9.59. The molecule has 2 N–H and O–H groups in total. The van der Waals surface area contributed by atoms with Gasteiger partial charge in [-0.25, -0.2) is 0 Å². The Morgan fingerprint density at radius 1 is 1.40 bits per heavy atom. The van der Waals surface area contributed by atoms with Crippen molar-refractivity contribution in [2.24, 2.45) is 18.0 Å². The Hall–Kier alpha value is -1.56. The second kappa shape index (κ2) is 9.22. The van der Waals surface area contributed by atoms with E-state index in [0.29, 0.717) is 6.04 Å². The molecule has 142 valence electrons. The fourth-order valence-electron chi connectivity index (χ4n) is 3.72. The number of guanidine groups is 1. The van der Waals surface area contributed by atoms with Gasteiger partial charge in [0.2, 0.25) is 0 Å². The number of hydrogen-bond acceptors (Lipinski definition) is 3. The Morgan fingerprint density at radius 2 is 2.16 bits per heavy atom.